The Morgan fingerprint density at radius 3 is 1.97 bits per heavy atom. The average Bonchev–Trinajstić information content (AvgIpc) is 2.85. The van der Waals surface area contributed by atoms with Crippen LogP contribution in [0.5, 0.6) is 11.5 Å². The van der Waals surface area contributed by atoms with Gasteiger partial charge < -0.3 is 14.6 Å². The molecule has 0 aliphatic heterocycles. The van der Waals surface area contributed by atoms with Gasteiger partial charge in [-0.25, -0.2) is 0 Å². The molecule has 0 fully saturated rings. The summed E-state index contributed by atoms with van der Waals surface area (Å²) in [5, 5.41) is 10.5. The number of aliphatic hydroxyl groups excluding tert-OH is 1. The van der Waals surface area contributed by atoms with Gasteiger partial charge in [-0.3, -0.25) is 0 Å². The summed E-state index contributed by atoms with van der Waals surface area (Å²) in [4.78, 5) is 0. The summed E-state index contributed by atoms with van der Waals surface area (Å²) in [5.41, 5.74) is 3.95. The van der Waals surface area contributed by atoms with Gasteiger partial charge in [-0.2, -0.15) is 0 Å². The van der Waals surface area contributed by atoms with Gasteiger partial charge in [0.2, 0.25) is 0 Å². The highest BCUT2D eigenvalue weighted by Crippen LogP contribution is 2.42. The number of hydrogen-bond donors (Lipinski definition) is 1. The molecule has 3 aromatic rings. The van der Waals surface area contributed by atoms with E-state index in [2.05, 4.69) is 55.5 Å². The Morgan fingerprint density at radius 2 is 1.39 bits per heavy atom. The normalized spacial score (nSPS) is 16.8. The van der Waals surface area contributed by atoms with Crippen molar-refractivity contribution in [1.82, 2.24) is 0 Å². The number of methoxy groups -OCH3 is 1. The zero-order chi connectivity index (χ0) is 21.7. The third kappa shape index (κ3) is 4.26. The Labute approximate surface area is 183 Å². The first-order valence-corrected chi connectivity index (χ1v) is 10.3. The largest absolute Gasteiger partial charge is 0.497 e. The van der Waals surface area contributed by atoms with Crippen molar-refractivity contribution in [3.05, 3.63) is 131 Å². The Hall–Kier alpha value is -3.72. The van der Waals surface area contributed by atoms with Crippen molar-refractivity contribution in [2.24, 2.45) is 0 Å². The minimum absolute atomic E-state index is 0.0661. The van der Waals surface area contributed by atoms with E-state index in [0.29, 0.717) is 12.2 Å². The first kappa shape index (κ1) is 20.5. The van der Waals surface area contributed by atoms with E-state index >= 15 is 0 Å². The molecule has 1 aliphatic carbocycles. The molecule has 0 heterocycles. The molecule has 3 nitrogen and oxygen atoms in total. The summed E-state index contributed by atoms with van der Waals surface area (Å²) in [7, 11) is 1.68. The number of hydrogen-bond acceptors (Lipinski definition) is 3. The molecule has 0 aromatic heterocycles. The smallest absolute Gasteiger partial charge is 0.285 e. The minimum atomic E-state index is -0.342. The first-order chi connectivity index (χ1) is 15.1. The fourth-order valence-corrected chi connectivity index (χ4v) is 3.94. The van der Waals surface area contributed by atoms with E-state index in [1.807, 2.05) is 54.6 Å². The van der Waals surface area contributed by atoms with Crippen molar-refractivity contribution in [2.45, 2.75) is 18.8 Å². The van der Waals surface area contributed by atoms with Crippen LogP contribution in [0.4, 0.5) is 0 Å². The van der Waals surface area contributed by atoms with Gasteiger partial charge in [0.25, 0.3) is 5.95 Å². The standard InChI is InChI=1S/C28H26O3/c1-28(22-9-5-3-6-10-22,24-17-19-25(30-2)20-18-24)23-15-13-21(14-16-23)27(29)31-26-11-7-4-8-12-26/h3-13,15-20,29H,14H2,1-2H3. The van der Waals surface area contributed by atoms with Gasteiger partial charge in [-0.1, -0.05) is 78.9 Å². The Bertz CT molecular complexity index is 1110. The summed E-state index contributed by atoms with van der Waals surface area (Å²) in [6.45, 7) is 2.23. The van der Waals surface area contributed by atoms with Crippen LogP contribution in [0.1, 0.15) is 24.5 Å². The van der Waals surface area contributed by atoms with E-state index in [1.54, 1.807) is 7.11 Å². The lowest BCUT2D eigenvalue weighted by molar-refractivity contribution is 0.203. The molecule has 0 radical (unpaired) electrons. The van der Waals surface area contributed by atoms with Gasteiger partial charge in [-0.05, 0) is 54.3 Å². The van der Waals surface area contributed by atoms with Gasteiger partial charge in [-0.15, -0.1) is 0 Å². The third-order valence-corrected chi connectivity index (χ3v) is 5.83. The van der Waals surface area contributed by atoms with Crippen LogP contribution in [0, 0.1) is 0 Å². The molecule has 4 rings (SSSR count). The lowest BCUT2D eigenvalue weighted by Gasteiger charge is -2.34. The molecule has 156 valence electrons. The third-order valence-electron chi connectivity index (χ3n) is 5.83. The molecule has 0 saturated heterocycles. The highest BCUT2D eigenvalue weighted by atomic mass is 16.6. The fraction of sp³-hybridized carbons (Fsp3) is 0.143. The molecule has 1 unspecified atom stereocenters. The Morgan fingerprint density at radius 1 is 0.774 bits per heavy atom. The maximum atomic E-state index is 10.5. The molecule has 1 atom stereocenters. The van der Waals surface area contributed by atoms with Crippen molar-refractivity contribution in [1.29, 1.82) is 0 Å². The van der Waals surface area contributed by atoms with Crippen LogP contribution in [-0.4, -0.2) is 12.2 Å². The van der Waals surface area contributed by atoms with Crippen molar-refractivity contribution in [3.8, 4) is 11.5 Å². The van der Waals surface area contributed by atoms with E-state index in [9.17, 15) is 5.11 Å². The quantitative estimate of drug-likeness (QED) is 0.458. The molecule has 1 N–H and O–H groups in total. The summed E-state index contributed by atoms with van der Waals surface area (Å²) in [5.74, 6) is 1.38. The van der Waals surface area contributed by atoms with E-state index < -0.39 is 0 Å². The second-order valence-electron chi connectivity index (χ2n) is 7.66. The molecule has 31 heavy (non-hydrogen) atoms. The summed E-state index contributed by atoms with van der Waals surface area (Å²) >= 11 is 0. The lowest BCUT2D eigenvalue weighted by Crippen LogP contribution is -2.26. The zero-order valence-corrected chi connectivity index (χ0v) is 17.8. The minimum Gasteiger partial charge on any atom is -0.497 e. The predicted octanol–water partition coefficient (Wildman–Crippen LogP) is 6.74. The molecular formula is C28H26O3. The molecule has 0 bridgehead atoms. The van der Waals surface area contributed by atoms with Crippen LogP contribution in [-0.2, 0) is 5.41 Å². The van der Waals surface area contributed by atoms with E-state index in [4.69, 9.17) is 9.47 Å². The van der Waals surface area contributed by atoms with Crippen molar-refractivity contribution >= 4 is 0 Å². The van der Waals surface area contributed by atoms with Gasteiger partial charge in [0.1, 0.15) is 11.5 Å². The van der Waals surface area contributed by atoms with Crippen LogP contribution in [0.2, 0.25) is 0 Å². The summed E-state index contributed by atoms with van der Waals surface area (Å²) in [6, 6.07) is 28.0. The Kier molecular flexibility index (Phi) is 5.94. The summed E-state index contributed by atoms with van der Waals surface area (Å²) in [6.07, 6.45) is 6.76. The number of aliphatic hydroxyl groups is 1. The van der Waals surface area contributed by atoms with Gasteiger partial charge in [0.05, 0.1) is 7.11 Å². The zero-order valence-electron chi connectivity index (χ0n) is 17.8. The highest BCUT2D eigenvalue weighted by Gasteiger charge is 2.33. The maximum Gasteiger partial charge on any atom is 0.285 e. The predicted molar refractivity (Wildman–Crippen MR) is 124 cm³/mol. The van der Waals surface area contributed by atoms with Crippen molar-refractivity contribution < 1.29 is 14.6 Å². The molecule has 0 spiro atoms. The van der Waals surface area contributed by atoms with Crippen LogP contribution >= 0.6 is 0 Å². The first-order valence-electron chi connectivity index (χ1n) is 10.3. The van der Waals surface area contributed by atoms with Crippen LogP contribution in [0.25, 0.3) is 0 Å². The SMILES string of the molecule is COc1ccc(C(C)(C2=CCC(=C(O)Oc3ccccc3)C=C2)c2ccccc2)cc1. The van der Waals surface area contributed by atoms with E-state index in [1.165, 1.54) is 16.7 Å². The van der Waals surface area contributed by atoms with E-state index in [-0.39, 0.29) is 11.4 Å². The number of benzene rings is 3. The number of ether oxygens (including phenoxy) is 2. The number of allylic oxidation sites excluding steroid dienone is 5. The second kappa shape index (κ2) is 8.97. The van der Waals surface area contributed by atoms with Gasteiger partial charge in [0.15, 0.2) is 0 Å². The van der Waals surface area contributed by atoms with Gasteiger partial charge in [0, 0.05) is 11.0 Å². The second-order valence-corrected chi connectivity index (χ2v) is 7.66. The fourth-order valence-electron chi connectivity index (χ4n) is 3.94. The molecule has 1 aliphatic rings. The molecule has 3 aromatic carbocycles. The Balaban J connectivity index is 1.67. The van der Waals surface area contributed by atoms with Gasteiger partial charge >= 0.3 is 0 Å². The van der Waals surface area contributed by atoms with Crippen LogP contribution in [0.15, 0.2) is 120 Å². The van der Waals surface area contributed by atoms with E-state index in [0.717, 1.165) is 11.3 Å². The number of rotatable bonds is 6. The highest BCUT2D eigenvalue weighted by molar-refractivity contribution is 5.54. The molecule has 3 heteroatoms. The average molecular weight is 411 g/mol. The molecule has 0 amide bonds. The lowest BCUT2D eigenvalue weighted by atomic mass is 9.69. The molecular weight excluding hydrogens is 384 g/mol. The van der Waals surface area contributed by atoms with Crippen LogP contribution < -0.4 is 9.47 Å². The van der Waals surface area contributed by atoms with Crippen molar-refractivity contribution in [3.63, 3.8) is 0 Å². The maximum absolute atomic E-state index is 10.5. The topological polar surface area (TPSA) is 38.7 Å². The number of para-hydroxylation sites is 1. The monoisotopic (exact) mass is 410 g/mol. The van der Waals surface area contributed by atoms with Crippen molar-refractivity contribution in [2.75, 3.05) is 7.11 Å². The van der Waals surface area contributed by atoms with Crippen LogP contribution in [0.3, 0.4) is 0 Å². The molecule has 0 saturated carbocycles. The summed E-state index contributed by atoms with van der Waals surface area (Å²) < 4.78 is 11.0.